The first-order valence-corrected chi connectivity index (χ1v) is 14.9. The number of nitriles is 1. The van der Waals surface area contributed by atoms with Gasteiger partial charge in [-0.05, 0) is 94.1 Å². The van der Waals surface area contributed by atoms with Crippen LogP contribution >= 0.6 is 0 Å². The van der Waals surface area contributed by atoms with Crippen LogP contribution in [0.25, 0.3) is 33.2 Å². The van der Waals surface area contributed by atoms with Gasteiger partial charge in [-0.25, -0.2) is 18.0 Å². The number of halogens is 3. The number of ether oxygens (including phenoxy) is 1. The molecule has 0 aliphatic carbocycles. The Bertz CT molecular complexity index is 1880. The Morgan fingerprint density at radius 1 is 1.00 bits per heavy atom. The van der Waals surface area contributed by atoms with Crippen molar-refractivity contribution in [3.05, 3.63) is 83.3 Å². The quantitative estimate of drug-likeness (QED) is 0.244. The summed E-state index contributed by atoms with van der Waals surface area (Å²) in [5, 5.41) is 22.7. The van der Waals surface area contributed by atoms with Crippen LogP contribution < -0.4 is 5.32 Å². The summed E-state index contributed by atoms with van der Waals surface area (Å²) in [5.74, 6) is -3.42. The van der Waals surface area contributed by atoms with E-state index in [9.17, 15) is 24.3 Å². The molecule has 2 N–H and O–H groups in total. The van der Waals surface area contributed by atoms with E-state index in [-0.39, 0.29) is 63.9 Å². The molecule has 11 heteroatoms. The molecule has 4 aromatic rings. The molecular formula is C35H35F3N4O4. The molecule has 2 amide bonds. The maximum absolute atomic E-state index is 15.9. The minimum atomic E-state index is -1.18. The average Bonchev–Trinajstić information content (AvgIpc) is 3.59. The maximum Gasteiger partial charge on any atom is 0.407 e. The molecule has 1 aromatic heterocycles. The minimum absolute atomic E-state index is 0.00952. The molecule has 1 atom stereocenters. The monoisotopic (exact) mass is 632 g/mol. The van der Waals surface area contributed by atoms with Crippen molar-refractivity contribution in [2.45, 2.75) is 64.8 Å². The summed E-state index contributed by atoms with van der Waals surface area (Å²) in [4.78, 5) is 27.4. The highest BCUT2D eigenvalue weighted by Crippen LogP contribution is 2.39. The summed E-state index contributed by atoms with van der Waals surface area (Å²) in [6.45, 7) is 9.02. The van der Waals surface area contributed by atoms with Gasteiger partial charge in [-0.2, -0.15) is 5.26 Å². The zero-order valence-corrected chi connectivity index (χ0v) is 26.2. The lowest BCUT2D eigenvalue weighted by molar-refractivity contribution is 0.0501. The third-order valence-corrected chi connectivity index (χ3v) is 7.64. The number of fused-ring (bicyclic) bond motifs is 1. The fourth-order valence-corrected chi connectivity index (χ4v) is 5.69. The fraction of sp³-hybridized carbons (Fsp3) is 0.343. The van der Waals surface area contributed by atoms with Gasteiger partial charge < -0.3 is 24.6 Å². The normalized spacial score (nSPS) is 15.2. The smallest absolute Gasteiger partial charge is 0.407 e. The molecule has 0 radical (unpaired) electrons. The number of hydrogen-bond donors (Lipinski definition) is 2. The Balaban J connectivity index is 1.54. The minimum Gasteiger partial charge on any atom is -0.444 e. The van der Waals surface area contributed by atoms with E-state index >= 15 is 8.78 Å². The fourth-order valence-electron chi connectivity index (χ4n) is 5.69. The molecule has 0 spiro atoms. The predicted molar refractivity (Wildman–Crippen MR) is 167 cm³/mol. The van der Waals surface area contributed by atoms with Gasteiger partial charge in [0.05, 0.1) is 29.3 Å². The Morgan fingerprint density at radius 3 is 2.39 bits per heavy atom. The zero-order chi connectivity index (χ0) is 33.6. The van der Waals surface area contributed by atoms with Gasteiger partial charge in [0.15, 0.2) is 11.6 Å². The van der Waals surface area contributed by atoms with Gasteiger partial charge in [0, 0.05) is 35.8 Å². The molecular weight excluding hydrogens is 597 g/mol. The summed E-state index contributed by atoms with van der Waals surface area (Å²) >= 11 is 0. The molecule has 1 aliphatic heterocycles. The number of alkyl carbamates (subject to hydrolysis) is 1. The SMILES string of the molecule is CC(C)(O)Cn1ccc2cc(-c3ccc(C(=O)N4CCC(NC(=O)OC(C)(C)C)C4)cc3-c3ccc(C#N)c(F)c3)c(F)c(F)c21. The van der Waals surface area contributed by atoms with E-state index in [0.717, 1.165) is 6.07 Å². The molecule has 0 saturated carbocycles. The van der Waals surface area contributed by atoms with Crippen LogP contribution in [0.2, 0.25) is 0 Å². The zero-order valence-electron chi connectivity index (χ0n) is 26.2. The van der Waals surface area contributed by atoms with E-state index in [0.29, 0.717) is 18.4 Å². The van der Waals surface area contributed by atoms with Crippen molar-refractivity contribution >= 4 is 22.9 Å². The van der Waals surface area contributed by atoms with Gasteiger partial charge >= 0.3 is 6.09 Å². The largest absolute Gasteiger partial charge is 0.444 e. The third-order valence-electron chi connectivity index (χ3n) is 7.64. The van der Waals surface area contributed by atoms with Crippen molar-refractivity contribution in [1.82, 2.24) is 14.8 Å². The molecule has 46 heavy (non-hydrogen) atoms. The van der Waals surface area contributed by atoms with Crippen molar-refractivity contribution in [2.75, 3.05) is 13.1 Å². The molecule has 8 nitrogen and oxygen atoms in total. The Morgan fingerprint density at radius 2 is 1.74 bits per heavy atom. The summed E-state index contributed by atoms with van der Waals surface area (Å²) in [7, 11) is 0. The number of likely N-dealkylation sites (tertiary alicyclic amines) is 1. The van der Waals surface area contributed by atoms with Crippen LogP contribution in [0.5, 0.6) is 0 Å². The standard InChI is InChI=1S/C35H35F3N4O4/c1-34(2,3)46-33(44)40-24-11-13-41(18-24)32(43)22-8-9-25(26(15-22)20-6-7-23(17-39)28(36)16-20)27-14-21-10-12-42(19-35(4,5)45)31(21)30(38)29(27)37/h6-10,12,14-16,24,45H,11,13,18-19H2,1-5H3,(H,40,44). The van der Waals surface area contributed by atoms with Crippen LogP contribution in [0.15, 0.2) is 54.7 Å². The summed E-state index contributed by atoms with van der Waals surface area (Å²) in [6.07, 6.45) is 1.49. The first-order chi connectivity index (χ1) is 21.5. The predicted octanol–water partition coefficient (Wildman–Crippen LogP) is 6.77. The molecule has 1 unspecified atom stereocenters. The molecule has 1 aliphatic rings. The van der Waals surface area contributed by atoms with E-state index in [1.807, 2.05) is 0 Å². The highest BCUT2D eigenvalue weighted by molar-refractivity contribution is 5.99. The van der Waals surface area contributed by atoms with Crippen molar-refractivity contribution in [3.63, 3.8) is 0 Å². The summed E-state index contributed by atoms with van der Waals surface area (Å²) in [6, 6.07) is 12.9. The van der Waals surface area contributed by atoms with E-state index in [1.54, 1.807) is 57.9 Å². The van der Waals surface area contributed by atoms with Crippen molar-refractivity contribution < 1.29 is 32.6 Å². The molecule has 240 valence electrons. The number of amides is 2. The molecule has 2 heterocycles. The van der Waals surface area contributed by atoms with Crippen LogP contribution in [0.4, 0.5) is 18.0 Å². The lowest BCUT2D eigenvalue weighted by Crippen LogP contribution is -2.41. The molecule has 5 rings (SSSR count). The molecule has 1 fully saturated rings. The van der Waals surface area contributed by atoms with Gasteiger partial charge in [0.25, 0.3) is 5.91 Å². The van der Waals surface area contributed by atoms with Crippen LogP contribution in [0.3, 0.4) is 0 Å². The number of benzene rings is 3. The first-order valence-electron chi connectivity index (χ1n) is 14.9. The Kier molecular flexibility index (Phi) is 8.62. The second-order valence-corrected chi connectivity index (χ2v) is 13.2. The van der Waals surface area contributed by atoms with Crippen molar-refractivity contribution in [2.24, 2.45) is 0 Å². The second kappa shape index (κ2) is 12.2. The van der Waals surface area contributed by atoms with E-state index in [2.05, 4.69) is 5.32 Å². The lowest BCUT2D eigenvalue weighted by Gasteiger charge is -2.22. The highest BCUT2D eigenvalue weighted by Gasteiger charge is 2.30. The van der Waals surface area contributed by atoms with Crippen molar-refractivity contribution in [1.29, 1.82) is 5.26 Å². The second-order valence-electron chi connectivity index (χ2n) is 13.2. The van der Waals surface area contributed by atoms with E-state index in [1.165, 1.54) is 41.0 Å². The number of nitrogens with one attached hydrogen (secondary N) is 1. The van der Waals surface area contributed by atoms with E-state index < -0.39 is 34.7 Å². The topological polar surface area (TPSA) is 108 Å². The average molecular weight is 633 g/mol. The van der Waals surface area contributed by atoms with Crippen LogP contribution in [-0.2, 0) is 11.3 Å². The summed E-state index contributed by atoms with van der Waals surface area (Å²) in [5.41, 5.74) is -1.21. The highest BCUT2D eigenvalue weighted by atomic mass is 19.2. The third kappa shape index (κ3) is 6.87. The molecule has 0 bridgehead atoms. The molecule has 3 aromatic carbocycles. The number of rotatable bonds is 6. The van der Waals surface area contributed by atoms with Crippen LogP contribution in [0.1, 0.15) is 57.0 Å². The number of carbonyl (C=O) groups excluding carboxylic acids is 2. The number of nitrogens with zero attached hydrogens (tertiary/aromatic N) is 3. The maximum atomic E-state index is 15.9. The number of aliphatic hydroxyl groups is 1. The molecule has 1 saturated heterocycles. The van der Waals surface area contributed by atoms with Crippen LogP contribution in [0, 0.1) is 28.8 Å². The van der Waals surface area contributed by atoms with Gasteiger partial charge in [-0.1, -0.05) is 12.1 Å². The van der Waals surface area contributed by atoms with Gasteiger partial charge in [0.2, 0.25) is 0 Å². The van der Waals surface area contributed by atoms with Crippen molar-refractivity contribution in [3.8, 4) is 28.3 Å². The number of carbonyl (C=O) groups is 2. The van der Waals surface area contributed by atoms with Gasteiger partial charge in [0.1, 0.15) is 17.5 Å². The van der Waals surface area contributed by atoms with E-state index in [4.69, 9.17) is 4.74 Å². The Labute approximate surface area is 265 Å². The first kappa shape index (κ1) is 32.6. The lowest BCUT2D eigenvalue weighted by atomic mass is 9.91. The van der Waals surface area contributed by atoms with Crippen LogP contribution in [-0.4, -0.2) is 56.9 Å². The summed E-state index contributed by atoms with van der Waals surface area (Å²) < 4.78 is 53.1. The number of hydrogen-bond acceptors (Lipinski definition) is 5. The number of aromatic nitrogens is 1. The Hall–Kier alpha value is -4.82. The van der Waals surface area contributed by atoms with Gasteiger partial charge in [-0.3, -0.25) is 4.79 Å². The van der Waals surface area contributed by atoms with Gasteiger partial charge in [-0.15, -0.1) is 0 Å².